The number of methoxy groups -OCH3 is 1. The molecule has 4 heteroatoms. The molecule has 2 heterocycles. The SMILES string of the molecule is COc1cc(C)nn1C1CCNC1. The van der Waals surface area contributed by atoms with E-state index in [4.69, 9.17) is 4.74 Å². The Bertz CT molecular complexity index is 289. The minimum Gasteiger partial charge on any atom is -0.481 e. The molecule has 1 fully saturated rings. The van der Waals surface area contributed by atoms with Gasteiger partial charge in [-0.3, -0.25) is 0 Å². The number of nitrogens with one attached hydrogen (secondary N) is 1. The van der Waals surface area contributed by atoms with Gasteiger partial charge in [0, 0.05) is 12.6 Å². The lowest BCUT2D eigenvalue weighted by Gasteiger charge is -2.11. The van der Waals surface area contributed by atoms with Crippen LogP contribution in [0.5, 0.6) is 5.88 Å². The van der Waals surface area contributed by atoms with Gasteiger partial charge in [-0.25, -0.2) is 4.68 Å². The minimum absolute atomic E-state index is 0.462. The van der Waals surface area contributed by atoms with Crippen molar-refractivity contribution in [2.45, 2.75) is 19.4 Å². The first kappa shape index (κ1) is 8.56. The van der Waals surface area contributed by atoms with Crippen molar-refractivity contribution in [1.82, 2.24) is 15.1 Å². The van der Waals surface area contributed by atoms with E-state index in [1.54, 1.807) is 7.11 Å². The Hall–Kier alpha value is -1.03. The van der Waals surface area contributed by atoms with E-state index in [0.29, 0.717) is 6.04 Å². The van der Waals surface area contributed by atoms with Crippen molar-refractivity contribution in [3.8, 4) is 5.88 Å². The number of aromatic nitrogens is 2. The van der Waals surface area contributed by atoms with Gasteiger partial charge >= 0.3 is 0 Å². The van der Waals surface area contributed by atoms with Crippen molar-refractivity contribution in [2.75, 3.05) is 20.2 Å². The van der Waals surface area contributed by atoms with E-state index < -0.39 is 0 Å². The van der Waals surface area contributed by atoms with Gasteiger partial charge in [0.25, 0.3) is 0 Å². The van der Waals surface area contributed by atoms with Gasteiger partial charge in [-0.2, -0.15) is 5.10 Å². The van der Waals surface area contributed by atoms with Crippen LogP contribution in [-0.2, 0) is 0 Å². The van der Waals surface area contributed by atoms with Crippen LogP contribution in [-0.4, -0.2) is 30.0 Å². The summed E-state index contributed by atoms with van der Waals surface area (Å²) in [6.45, 7) is 4.06. The summed E-state index contributed by atoms with van der Waals surface area (Å²) in [7, 11) is 1.69. The van der Waals surface area contributed by atoms with Crippen LogP contribution in [0.1, 0.15) is 18.2 Å². The highest BCUT2D eigenvalue weighted by atomic mass is 16.5. The predicted molar refractivity (Wildman–Crippen MR) is 50.0 cm³/mol. The van der Waals surface area contributed by atoms with E-state index in [1.165, 1.54) is 0 Å². The predicted octanol–water partition coefficient (Wildman–Crippen LogP) is 0.735. The van der Waals surface area contributed by atoms with Crippen LogP contribution in [0.3, 0.4) is 0 Å². The normalized spacial score (nSPS) is 22.2. The molecule has 13 heavy (non-hydrogen) atoms. The Morgan fingerprint density at radius 3 is 3.15 bits per heavy atom. The first-order valence-electron chi connectivity index (χ1n) is 4.62. The molecule has 1 unspecified atom stereocenters. The van der Waals surface area contributed by atoms with Gasteiger partial charge < -0.3 is 10.1 Å². The minimum atomic E-state index is 0.462. The highest BCUT2D eigenvalue weighted by molar-refractivity contribution is 5.16. The second-order valence-corrected chi connectivity index (χ2v) is 3.42. The van der Waals surface area contributed by atoms with E-state index in [9.17, 15) is 0 Å². The molecular weight excluding hydrogens is 166 g/mol. The Labute approximate surface area is 77.9 Å². The number of hydrogen-bond donors (Lipinski definition) is 1. The van der Waals surface area contributed by atoms with Gasteiger partial charge in [-0.1, -0.05) is 0 Å². The van der Waals surface area contributed by atoms with Crippen molar-refractivity contribution in [2.24, 2.45) is 0 Å². The molecule has 2 rings (SSSR count). The second-order valence-electron chi connectivity index (χ2n) is 3.42. The van der Waals surface area contributed by atoms with E-state index in [0.717, 1.165) is 31.1 Å². The average molecular weight is 181 g/mol. The Morgan fingerprint density at radius 1 is 1.69 bits per heavy atom. The molecule has 0 aliphatic carbocycles. The van der Waals surface area contributed by atoms with Crippen LogP contribution >= 0.6 is 0 Å². The van der Waals surface area contributed by atoms with Crippen molar-refractivity contribution in [3.63, 3.8) is 0 Å². The summed E-state index contributed by atoms with van der Waals surface area (Å²) in [4.78, 5) is 0. The summed E-state index contributed by atoms with van der Waals surface area (Å²) < 4.78 is 7.23. The van der Waals surface area contributed by atoms with E-state index in [1.807, 2.05) is 17.7 Å². The zero-order valence-electron chi connectivity index (χ0n) is 8.08. The molecule has 1 atom stereocenters. The van der Waals surface area contributed by atoms with Crippen molar-refractivity contribution in [1.29, 1.82) is 0 Å². The Balaban J connectivity index is 2.26. The highest BCUT2D eigenvalue weighted by Gasteiger charge is 2.20. The maximum atomic E-state index is 5.25. The van der Waals surface area contributed by atoms with E-state index >= 15 is 0 Å². The molecule has 72 valence electrons. The van der Waals surface area contributed by atoms with Crippen molar-refractivity contribution < 1.29 is 4.74 Å². The van der Waals surface area contributed by atoms with Crippen LogP contribution in [0.2, 0.25) is 0 Å². The topological polar surface area (TPSA) is 39.1 Å². The molecule has 1 aromatic rings. The van der Waals surface area contributed by atoms with Crippen LogP contribution in [0.25, 0.3) is 0 Å². The molecule has 0 amide bonds. The van der Waals surface area contributed by atoms with Crippen molar-refractivity contribution in [3.05, 3.63) is 11.8 Å². The fraction of sp³-hybridized carbons (Fsp3) is 0.667. The maximum Gasteiger partial charge on any atom is 0.211 e. The summed E-state index contributed by atoms with van der Waals surface area (Å²) in [5, 5.41) is 7.73. The van der Waals surface area contributed by atoms with Crippen LogP contribution in [0, 0.1) is 6.92 Å². The van der Waals surface area contributed by atoms with Gasteiger partial charge in [0.05, 0.1) is 18.8 Å². The fourth-order valence-corrected chi connectivity index (χ4v) is 1.76. The number of aryl methyl sites for hydroxylation is 1. The third-order valence-electron chi connectivity index (χ3n) is 2.41. The third-order valence-corrected chi connectivity index (χ3v) is 2.41. The maximum absolute atomic E-state index is 5.25. The largest absolute Gasteiger partial charge is 0.481 e. The molecule has 0 radical (unpaired) electrons. The summed E-state index contributed by atoms with van der Waals surface area (Å²) in [5.74, 6) is 0.867. The second kappa shape index (κ2) is 3.38. The lowest BCUT2D eigenvalue weighted by Crippen LogP contribution is -2.15. The summed E-state index contributed by atoms with van der Waals surface area (Å²) in [5.41, 5.74) is 1.02. The van der Waals surface area contributed by atoms with Crippen LogP contribution in [0.15, 0.2) is 6.07 Å². The van der Waals surface area contributed by atoms with Crippen LogP contribution < -0.4 is 10.1 Å². The van der Waals surface area contributed by atoms with Gasteiger partial charge in [0.15, 0.2) is 0 Å². The van der Waals surface area contributed by atoms with E-state index in [2.05, 4.69) is 10.4 Å². The smallest absolute Gasteiger partial charge is 0.211 e. The lowest BCUT2D eigenvalue weighted by molar-refractivity contribution is 0.337. The first-order valence-corrected chi connectivity index (χ1v) is 4.62. The number of hydrogen-bond acceptors (Lipinski definition) is 3. The molecule has 4 nitrogen and oxygen atoms in total. The fourth-order valence-electron chi connectivity index (χ4n) is 1.76. The molecule has 0 saturated carbocycles. The quantitative estimate of drug-likeness (QED) is 0.731. The highest BCUT2D eigenvalue weighted by Crippen LogP contribution is 2.22. The molecule has 1 N–H and O–H groups in total. The monoisotopic (exact) mass is 181 g/mol. The molecule has 1 aliphatic heterocycles. The molecule has 1 aromatic heterocycles. The summed E-state index contributed by atoms with van der Waals surface area (Å²) >= 11 is 0. The van der Waals surface area contributed by atoms with Gasteiger partial charge in [0.1, 0.15) is 0 Å². The molecule has 1 aliphatic rings. The number of nitrogens with zero attached hydrogens (tertiary/aromatic N) is 2. The summed E-state index contributed by atoms with van der Waals surface area (Å²) in [6.07, 6.45) is 1.14. The van der Waals surface area contributed by atoms with Crippen LogP contribution in [0.4, 0.5) is 0 Å². The van der Waals surface area contributed by atoms with Crippen molar-refractivity contribution >= 4 is 0 Å². The molecule has 0 spiro atoms. The first-order chi connectivity index (χ1) is 6.31. The number of rotatable bonds is 2. The molecule has 1 saturated heterocycles. The molecule has 0 bridgehead atoms. The third kappa shape index (κ3) is 1.54. The average Bonchev–Trinajstić information content (AvgIpc) is 2.71. The standard InChI is InChI=1S/C9H15N3O/c1-7-5-9(13-2)12(11-7)8-3-4-10-6-8/h5,8,10H,3-4,6H2,1-2H3. The zero-order chi connectivity index (χ0) is 9.26. The van der Waals surface area contributed by atoms with E-state index in [-0.39, 0.29) is 0 Å². The lowest BCUT2D eigenvalue weighted by atomic mass is 10.3. The Morgan fingerprint density at radius 2 is 2.54 bits per heavy atom. The zero-order valence-corrected chi connectivity index (χ0v) is 8.08. The van der Waals surface area contributed by atoms with Gasteiger partial charge in [-0.05, 0) is 19.9 Å². The molecule has 0 aromatic carbocycles. The van der Waals surface area contributed by atoms with Gasteiger partial charge in [0.2, 0.25) is 5.88 Å². The Kier molecular flexibility index (Phi) is 2.22. The number of ether oxygens (including phenoxy) is 1. The summed E-state index contributed by atoms with van der Waals surface area (Å²) in [6, 6.07) is 2.43. The molecular formula is C9H15N3O. The van der Waals surface area contributed by atoms with Gasteiger partial charge in [-0.15, -0.1) is 0 Å².